The van der Waals surface area contributed by atoms with Crippen molar-refractivity contribution in [3.63, 3.8) is 0 Å². The van der Waals surface area contributed by atoms with Crippen molar-refractivity contribution in [2.45, 2.75) is 19.8 Å². The molecule has 70 valence electrons. The molecule has 0 rings (SSSR count). The van der Waals surface area contributed by atoms with E-state index in [0.29, 0.717) is 6.61 Å². The van der Waals surface area contributed by atoms with E-state index in [9.17, 15) is 9.69 Å². The predicted molar refractivity (Wildman–Crippen MR) is 45.9 cm³/mol. The minimum Gasteiger partial charge on any atom is -0.629 e. The van der Waals surface area contributed by atoms with E-state index in [0.717, 1.165) is 6.42 Å². The Morgan fingerprint density at radius 2 is 2.42 bits per heavy atom. The van der Waals surface area contributed by atoms with Crippen LogP contribution in [-0.2, 0) is 9.53 Å². The van der Waals surface area contributed by atoms with Crippen molar-refractivity contribution in [3.05, 3.63) is 0 Å². The largest absolute Gasteiger partial charge is 0.629 e. The first-order valence-electron chi connectivity index (χ1n) is 3.74. The van der Waals surface area contributed by atoms with Gasteiger partial charge in [0.25, 0.3) is 0 Å². The lowest BCUT2D eigenvalue weighted by Gasteiger charge is -1.98. The number of rotatable bonds is 5. The number of esters is 1. The molecule has 1 unspecified atom stereocenters. The molecule has 0 aliphatic rings. The predicted octanol–water partition coefficient (Wildman–Crippen LogP) is -0.161. The van der Waals surface area contributed by atoms with Crippen LogP contribution in [0.4, 0.5) is 0 Å². The fraction of sp³-hybridized carbons (Fsp3) is 0.714. The maximum atomic E-state index is 10.8. The highest BCUT2D eigenvalue weighted by Crippen LogP contribution is 2.06. The molecule has 0 aromatic carbocycles. The van der Waals surface area contributed by atoms with Crippen LogP contribution in [0.25, 0.3) is 0 Å². The molecule has 0 amide bonds. The molecule has 0 heterocycles. The maximum absolute atomic E-state index is 10.8. The number of hydrogen-bond acceptors (Lipinski definition) is 4. The summed E-state index contributed by atoms with van der Waals surface area (Å²) >= 11 is 0. The van der Waals surface area contributed by atoms with Crippen molar-refractivity contribution in [1.29, 1.82) is 0 Å². The summed E-state index contributed by atoms with van der Waals surface area (Å²) in [5.74, 6) is 0.876. The molecule has 1 N–H and O–H groups in total. The Morgan fingerprint density at radius 3 is 2.92 bits per heavy atom. The van der Waals surface area contributed by atoms with E-state index in [-0.39, 0.29) is 6.42 Å². The first-order valence-corrected chi connectivity index (χ1v) is 5.25. The van der Waals surface area contributed by atoms with E-state index < -0.39 is 20.1 Å². The van der Waals surface area contributed by atoms with Gasteiger partial charge in [-0.15, -0.1) is 0 Å². The van der Waals surface area contributed by atoms with Gasteiger partial charge in [0.1, 0.15) is 6.42 Å². The molecule has 5 heteroatoms. The van der Waals surface area contributed by atoms with Gasteiger partial charge in [-0.05, 0) is 6.42 Å². The van der Waals surface area contributed by atoms with Crippen LogP contribution < -0.4 is 4.89 Å². The van der Waals surface area contributed by atoms with Crippen LogP contribution in [0, 0.1) is 0 Å². The van der Waals surface area contributed by atoms with E-state index in [2.05, 4.69) is 0 Å². The Morgan fingerprint density at radius 1 is 1.75 bits per heavy atom. The number of aliphatic hydroxyl groups is 1. The van der Waals surface area contributed by atoms with Gasteiger partial charge in [-0.3, -0.25) is 4.79 Å². The molecule has 1 atom stereocenters. The second kappa shape index (κ2) is 7.22. The van der Waals surface area contributed by atoms with Crippen molar-refractivity contribution in [1.82, 2.24) is 0 Å². The van der Waals surface area contributed by atoms with Crippen molar-refractivity contribution in [3.8, 4) is 0 Å². The van der Waals surface area contributed by atoms with Crippen LogP contribution in [0.5, 0.6) is 0 Å². The number of aliphatic hydroxyl groups excluding tert-OH is 1. The molecule has 0 spiro atoms. The SMILES string of the molecule is CCCOC(=O)CC=[P+]([O-])CO. The summed E-state index contributed by atoms with van der Waals surface area (Å²) in [4.78, 5) is 21.4. The summed E-state index contributed by atoms with van der Waals surface area (Å²) in [6, 6.07) is 0. The van der Waals surface area contributed by atoms with Crippen molar-refractivity contribution in [2.24, 2.45) is 0 Å². The Balaban J connectivity index is 3.56. The standard InChI is InChI=1S/C7H13O4P/c1-2-4-11-7(9)3-5-12(10)6-8/h5,8H,2-4,6H2,1H3. The summed E-state index contributed by atoms with van der Waals surface area (Å²) in [6.45, 7) is 2.29. The number of hydrogen-bond donors (Lipinski definition) is 1. The molecule has 0 saturated heterocycles. The van der Waals surface area contributed by atoms with Gasteiger partial charge in [-0.1, -0.05) is 6.92 Å². The topological polar surface area (TPSA) is 69.6 Å². The van der Waals surface area contributed by atoms with E-state index in [4.69, 9.17) is 9.84 Å². The lowest BCUT2D eigenvalue weighted by atomic mass is 10.5. The third-order valence-electron chi connectivity index (χ3n) is 1.07. The molecule has 12 heavy (non-hydrogen) atoms. The second-order valence-corrected chi connectivity index (χ2v) is 3.65. The van der Waals surface area contributed by atoms with Gasteiger partial charge in [-0.2, -0.15) is 0 Å². The molecular weight excluding hydrogens is 179 g/mol. The molecule has 0 aliphatic heterocycles. The summed E-state index contributed by atoms with van der Waals surface area (Å²) < 4.78 is 4.71. The molecule has 0 bridgehead atoms. The summed E-state index contributed by atoms with van der Waals surface area (Å²) in [6.07, 6.45) is 0.379. The Kier molecular flexibility index (Phi) is 6.96. The Labute approximate surface area is 72.6 Å². The second-order valence-electron chi connectivity index (χ2n) is 2.17. The van der Waals surface area contributed by atoms with Crippen LogP contribution in [-0.4, -0.2) is 29.8 Å². The summed E-state index contributed by atoms with van der Waals surface area (Å²) in [7, 11) is -1.75. The van der Waals surface area contributed by atoms with Crippen LogP contribution >= 0.6 is 7.77 Å². The molecule has 0 radical (unpaired) electrons. The van der Waals surface area contributed by atoms with Crippen LogP contribution in [0.1, 0.15) is 19.8 Å². The average molecular weight is 192 g/mol. The van der Waals surface area contributed by atoms with Crippen LogP contribution in [0.15, 0.2) is 0 Å². The van der Waals surface area contributed by atoms with E-state index in [1.807, 2.05) is 6.92 Å². The zero-order valence-corrected chi connectivity index (χ0v) is 7.92. The van der Waals surface area contributed by atoms with Gasteiger partial charge in [0, 0.05) is 0 Å². The first-order chi connectivity index (χ1) is 5.70. The highest BCUT2D eigenvalue weighted by molar-refractivity contribution is 7.49. The zero-order chi connectivity index (χ0) is 9.40. The lowest BCUT2D eigenvalue weighted by Crippen LogP contribution is -2.06. The third kappa shape index (κ3) is 6.28. The summed E-state index contributed by atoms with van der Waals surface area (Å²) in [5, 5.41) is 8.36. The normalized spacial score (nSPS) is 11.4. The molecule has 0 aromatic heterocycles. The van der Waals surface area contributed by atoms with Crippen molar-refractivity contribution < 1.29 is 19.5 Å². The monoisotopic (exact) mass is 192 g/mol. The zero-order valence-electron chi connectivity index (χ0n) is 7.02. The number of carbonyl (C=O) groups is 1. The van der Waals surface area contributed by atoms with Gasteiger partial charge in [0.05, 0.1) is 20.2 Å². The highest BCUT2D eigenvalue weighted by atomic mass is 31.1. The van der Waals surface area contributed by atoms with Gasteiger partial charge in [-0.25, -0.2) is 0 Å². The lowest BCUT2D eigenvalue weighted by molar-refractivity contribution is -0.156. The Bertz CT molecular complexity index is 167. The molecule has 0 saturated carbocycles. The van der Waals surface area contributed by atoms with Gasteiger partial charge < -0.3 is 14.7 Å². The summed E-state index contributed by atoms with van der Waals surface area (Å²) in [5.41, 5.74) is 0. The quantitative estimate of drug-likeness (QED) is 0.485. The third-order valence-corrected chi connectivity index (χ3v) is 1.94. The van der Waals surface area contributed by atoms with Crippen LogP contribution in [0.2, 0.25) is 0 Å². The fourth-order valence-electron chi connectivity index (χ4n) is 0.509. The molecule has 0 aromatic rings. The fourth-order valence-corrected chi connectivity index (χ4v) is 0.977. The first kappa shape index (κ1) is 11.6. The highest BCUT2D eigenvalue weighted by Gasteiger charge is 2.01. The van der Waals surface area contributed by atoms with E-state index >= 15 is 0 Å². The molecule has 0 fully saturated rings. The van der Waals surface area contributed by atoms with E-state index in [1.165, 1.54) is 5.80 Å². The number of ether oxygens (including phenoxy) is 1. The molecular formula is C7H13O4P. The number of carbonyl (C=O) groups excluding carboxylic acids is 1. The van der Waals surface area contributed by atoms with Gasteiger partial charge in [0.2, 0.25) is 0 Å². The average Bonchev–Trinajstić information content (AvgIpc) is 2.10. The van der Waals surface area contributed by atoms with Crippen molar-refractivity contribution in [2.75, 3.05) is 13.0 Å². The smallest absolute Gasteiger partial charge is 0.313 e. The van der Waals surface area contributed by atoms with Crippen molar-refractivity contribution >= 4 is 19.5 Å². The van der Waals surface area contributed by atoms with Gasteiger partial charge >= 0.3 is 5.97 Å². The van der Waals surface area contributed by atoms with E-state index in [1.54, 1.807) is 0 Å². The Hall–Kier alpha value is -0.440. The van der Waals surface area contributed by atoms with Crippen LogP contribution in [0.3, 0.4) is 0 Å². The minimum atomic E-state index is -1.75. The minimum absolute atomic E-state index is 0.00969. The van der Waals surface area contributed by atoms with Gasteiger partial charge in [0.15, 0.2) is 6.35 Å². The molecule has 0 aliphatic carbocycles. The molecule has 4 nitrogen and oxygen atoms in total. The maximum Gasteiger partial charge on any atom is 0.313 e.